The van der Waals surface area contributed by atoms with Gasteiger partial charge in [-0.05, 0) is 30.2 Å². The molecule has 0 spiro atoms. The molecule has 2 fully saturated rings. The lowest BCUT2D eigenvalue weighted by molar-refractivity contribution is -0.276. The predicted molar refractivity (Wildman–Crippen MR) is 173 cm³/mol. The first-order valence-corrected chi connectivity index (χ1v) is 16.3. The number of benzene rings is 2. The minimum absolute atomic E-state index is 0.00626. The number of carbonyl (C=O) groups is 1. The van der Waals surface area contributed by atoms with E-state index in [-0.39, 0.29) is 30.8 Å². The summed E-state index contributed by atoms with van der Waals surface area (Å²) in [4.78, 5) is 14.5. The molecule has 12 nitrogen and oxygen atoms in total. The number of hydrogen-bond donors (Lipinski definition) is 3. The third-order valence-electron chi connectivity index (χ3n) is 7.91. The summed E-state index contributed by atoms with van der Waals surface area (Å²) < 4.78 is 41.8. The number of aliphatic hydroxyl groups excluding tert-OH is 1. The molecule has 0 aliphatic carbocycles. The Balaban J connectivity index is 1.49. The van der Waals surface area contributed by atoms with E-state index >= 15 is 0 Å². The van der Waals surface area contributed by atoms with Crippen LogP contribution < -0.4 is 10.6 Å². The summed E-state index contributed by atoms with van der Waals surface area (Å²) in [6, 6.07) is 15.1. The van der Waals surface area contributed by atoms with Crippen molar-refractivity contribution in [1.82, 2.24) is 10.2 Å². The molecule has 1 unspecified atom stereocenters. The normalized spacial score (nSPS) is 25.2. The molecular weight excluding hydrogens is 594 g/mol. The number of urea groups is 1. The molecule has 256 valence electrons. The molecular formula is C34H51N3O9. The highest BCUT2D eigenvalue weighted by Gasteiger charge is 2.39. The van der Waals surface area contributed by atoms with E-state index in [9.17, 15) is 9.90 Å². The molecule has 0 bridgehead atoms. The summed E-state index contributed by atoms with van der Waals surface area (Å²) in [5.74, 6) is 0.00626. The molecule has 2 heterocycles. The van der Waals surface area contributed by atoms with Crippen molar-refractivity contribution in [2.45, 2.75) is 39.0 Å². The van der Waals surface area contributed by atoms with E-state index < -0.39 is 6.29 Å². The molecule has 0 radical (unpaired) electrons. The van der Waals surface area contributed by atoms with Gasteiger partial charge in [-0.15, -0.1) is 0 Å². The number of carbonyl (C=O) groups excluding carboxylic acids is 1. The van der Waals surface area contributed by atoms with Crippen molar-refractivity contribution in [3.8, 4) is 0 Å². The van der Waals surface area contributed by atoms with Crippen molar-refractivity contribution in [3.05, 3.63) is 65.2 Å². The minimum atomic E-state index is -0.661. The predicted octanol–water partition coefficient (Wildman–Crippen LogP) is 3.51. The number of amides is 2. The third-order valence-corrected chi connectivity index (χ3v) is 7.91. The highest BCUT2D eigenvalue weighted by molar-refractivity contribution is 5.89. The molecule has 12 heteroatoms. The molecule has 2 amide bonds. The zero-order valence-corrected chi connectivity index (χ0v) is 27.2. The van der Waals surface area contributed by atoms with Gasteiger partial charge in [0.25, 0.3) is 0 Å². The van der Waals surface area contributed by atoms with Crippen molar-refractivity contribution in [1.29, 1.82) is 0 Å². The maximum absolute atomic E-state index is 12.2. The highest BCUT2D eigenvalue weighted by Crippen LogP contribution is 2.42. The molecule has 4 atom stereocenters. The first-order valence-electron chi connectivity index (χ1n) is 16.3. The second-order valence-electron chi connectivity index (χ2n) is 11.3. The largest absolute Gasteiger partial charge is 0.392 e. The Hall–Kier alpha value is -2.65. The number of anilines is 1. The lowest BCUT2D eigenvalue weighted by Gasteiger charge is -2.43. The highest BCUT2D eigenvalue weighted by atomic mass is 16.7. The van der Waals surface area contributed by atoms with Crippen molar-refractivity contribution in [3.63, 3.8) is 0 Å². The molecule has 0 aromatic heterocycles. The second kappa shape index (κ2) is 20.6. The Bertz CT molecular complexity index is 1120. The van der Waals surface area contributed by atoms with Crippen LogP contribution in [0.1, 0.15) is 42.9 Å². The molecule has 0 saturated carbocycles. The van der Waals surface area contributed by atoms with Crippen molar-refractivity contribution >= 4 is 11.7 Å². The smallest absolute Gasteiger partial charge is 0.319 e. The topological polar surface area (TPSA) is 129 Å². The van der Waals surface area contributed by atoms with Crippen LogP contribution in [0.5, 0.6) is 0 Å². The van der Waals surface area contributed by atoms with Gasteiger partial charge in [0.1, 0.15) is 0 Å². The lowest BCUT2D eigenvalue weighted by atomic mass is 9.90. The summed E-state index contributed by atoms with van der Waals surface area (Å²) in [7, 11) is 0. The number of rotatable bonds is 7. The van der Waals surface area contributed by atoms with Crippen LogP contribution in [0.2, 0.25) is 0 Å². The number of nitrogens with one attached hydrogen (secondary N) is 2. The van der Waals surface area contributed by atoms with Crippen LogP contribution in [0.3, 0.4) is 0 Å². The molecule has 46 heavy (non-hydrogen) atoms. The van der Waals surface area contributed by atoms with E-state index in [2.05, 4.69) is 22.5 Å². The van der Waals surface area contributed by atoms with Crippen molar-refractivity contribution in [2.24, 2.45) is 5.92 Å². The summed E-state index contributed by atoms with van der Waals surface area (Å²) in [5, 5.41) is 15.2. The van der Waals surface area contributed by atoms with Gasteiger partial charge >= 0.3 is 6.03 Å². The molecule has 2 aliphatic rings. The second-order valence-corrected chi connectivity index (χ2v) is 11.3. The Labute approximate surface area is 272 Å². The third kappa shape index (κ3) is 12.2. The molecule has 2 saturated heterocycles. The fraction of sp³-hybridized carbons (Fsp3) is 0.618. The van der Waals surface area contributed by atoms with Gasteiger partial charge in [-0.3, -0.25) is 4.90 Å². The number of ether oxygens (including phenoxy) is 7. The summed E-state index contributed by atoms with van der Waals surface area (Å²) in [6.45, 7) is 11.8. The van der Waals surface area contributed by atoms with Gasteiger partial charge in [0.15, 0.2) is 6.29 Å². The molecule has 3 N–H and O–H groups in total. The van der Waals surface area contributed by atoms with Crippen LogP contribution in [-0.2, 0) is 39.8 Å². The molecule has 2 aromatic carbocycles. The van der Waals surface area contributed by atoms with Crippen LogP contribution in [0.15, 0.2) is 48.5 Å². The first kappa shape index (κ1) is 36.2. The van der Waals surface area contributed by atoms with E-state index in [0.29, 0.717) is 97.9 Å². The molecule has 2 aliphatic heterocycles. The monoisotopic (exact) mass is 645 g/mol. The maximum atomic E-state index is 12.2. The molecule has 4 rings (SSSR count). The van der Waals surface area contributed by atoms with E-state index in [1.54, 1.807) is 0 Å². The zero-order chi connectivity index (χ0) is 32.4. The maximum Gasteiger partial charge on any atom is 0.319 e. The fourth-order valence-corrected chi connectivity index (χ4v) is 5.34. The zero-order valence-electron chi connectivity index (χ0n) is 27.2. The number of aliphatic hydroxyl groups is 1. The number of hydrogen-bond acceptors (Lipinski definition) is 10. The van der Waals surface area contributed by atoms with E-state index in [4.69, 9.17) is 33.2 Å². The van der Waals surface area contributed by atoms with Crippen molar-refractivity contribution < 1.29 is 43.1 Å². The van der Waals surface area contributed by atoms with Gasteiger partial charge in [-0.25, -0.2) is 4.79 Å². The Morgan fingerprint density at radius 2 is 1.39 bits per heavy atom. The standard InChI is InChI=1S/C34H51N3O9/c1-3-35-34(39)36-30-6-4-5-29(23-30)33-45-31(26(2)32(46-33)28-9-7-27(25-38)8-10-28)24-37-11-13-40-15-17-42-19-21-44-22-20-43-18-16-41-14-12-37/h4-10,23,26,31-33,38H,3,11-22,24-25H2,1-2H3,(H2,35,36,39)/t26-,31+,32+,33?/m0/s1. The Morgan fingerprint density at radius 1 is 0.804 bits per heavy atom. The van der Waals surface area contributed by atoms with Crippen LogP contribution in [0, 0.1) is 5.92 Å². The quantitative estimate of drug-likeness (QED) is 0.412. The van der Waals surface area contributed by atoms with Crippen molar-refractivity contribution in [2.75, 3.05) is 97.6 Å². The van der Waals surface area contributed by atoms with Crippen LogP contribution in [-0.4, -0.2) is 114 Å². The van der Waals surface area contributed by atoms with Gasteiger partial charge < -0.3 is 48.9 Å². The van der Waals surface area contributed by atoms with E-state index in [1.807, 2.05) is 55.5 Å². The van der Waals surface area contributed by atoms with Gasteiger partial charge in [-0.2, -0.15) is 0 Å². The minimum Gasteiger partial charge on any atom is -0.392 e. The average Bonchev–Trinajstić information content (AvgIpc) is 3.06. The SMILES string of the molecule is CCNC(=O)Nc1cccc(C2O[C@H](CN3CCOCCOCCOCCOCCOCC3)[C@H](C)[C@H](c3ccc(CO)cc3)O2)c1. The van der Waals surface area contributed by atoms with Crippen LogP contribution in [0.25, 0.3) is 0 Å². The van der Waals surface area contributed by atoms with E-state index in [1.165, 1.54) is 0 Å². The average molecular weight is 646 g/mol. The van der Waals surface area contributed by atoms with Gasteiger partial charge in [0, 0.05) is 43.3 Å². The summed E-state index contributed by atoms with van der Waals surface area (Å²) in [6.07, 6.45) is -1.11. The van der Waals surface area contributed by atoms with Gasteiger partial charge in [0.2, 0.25) is 0 Å². The first-order chi connectivity index (χ1) is 22.6. The summed E-state index contributed by atoms with van der Waals surface area (Å²) >= 11 is 0. The Kier molecular flexibility index (Phi) is 16.2. The lowest BCUT2D eigenvalue weighted by Crippen LogP contribution is -2.46. The van der Waals surface area contributed by atoms with E-state index in [0.717, 1.165) is 16.7 Å². The summed E-state index contributed by atoms with van der Waals surface area (Å²) in [5.41, 5.74) is 3.31. The number of nitrogens with zero attached hydrogens (tertiary/aromatic N) is 1. The molecule has 2 aromatic rings. The van der Waals surface area contributed by atoms with Crippen LogP contribution in [0.4, 0.5) is 10.5 Å². The van der Waals surface area contributed by atoms with Crippen LogP contribution >= 0.6 is 0 Å². The van der Waals surface area contributed by atoms with Gasteiger partial charge in [-0.1, -0.05) is 43.3 Å². The fourth-order valence-electron chi connectivity index (χ4n) is 5.34. The Morgan fingerprint density at radius 3 is 1.96 bits per heavy atom. The van der Waals surface area contributed by atoms with Gasteiger partial charge in [0.05, 0.1) is 84.9 Å².